The molecule has 1 nitrogen and oxygen atoms in total. The number of thiophene rings is 1. The van der Waals surface area contributed by atoms with Gasteiger partial charge in [-0.1, -0.05) is 108 Å². The zero-order valence-corrected chi connectivity index (χ0v) is 24.6. The average molecular weight is 536 g/mol. The molecule has 3 heteroatoms. The first kappa shape index (κ1) is 25.2. The summed E-state index contributed by atoms with van der Waals surface area (Å²) in [7, 11) is 0. The van der Waals surface area contributed by atoms with Crippen LogP contribution in [0, 0.1) is 0 Å². The smallest absolute Gasteiger partial charge is 0.0647 e. The van der Waals surface area contributed by atoms with Crippen LogP contribution in [0.2, 0.25) is 5.02 Å². The van der Waals surface area contributed by atoms with E-state index in [2.05, 4.69) is 125 Å². The van der Waals surface area contributed by atoms with E-state index in [1.165, 1.54) is 49.2 Å². The van der Waals surface area contributed by atoms with Crippen LogP contribution in [0.15, 0.2) is 84.2 Å². The van der Waals surface area contributed by atoms with Gasteiger partial charge in [-0.3, -0.25) is 0 Å². The van der Waals surface area contributed by atoms with Crippen molar-refractivity contribution in [2.24, 2.45) is 0 Å². The van der Waals surface area contributed by atoms with Crippen molar-refractivity contribution in [1.29, 1.82) is 0 Å². The molecule has 0 saturated heterocycles. The molecule has 0 atom stereocenters. The largest absolute Gasteiger partial charge is 0.309 e. The van der Waals surface area contributed by atoms with E-state index in [0.717, 1.165) is 22.8 Å². The van der Waals surface area contributed by atoms with Crippen molar-refractivity contribution in [3.8, 4) is 11.1 Å². The number of anilines is 3. The molecule has 0 amide bonds. The zero-order chi connectivity index (χ0) is 26.8. The standard InChI is InChI=1S/C35H34ClNS/c1-7-24-29(36)13-10-14-30(24)37(23-17-15-22(16-18-23)34(2,3)4)31-21-38-33-26(31)19-20-28-32(33)25-11-8-9-12-27(25)35(28,5)6/h8-21H,7H2,1-6H3. The second-order valence-electron chi connectivity index (χ2n) is 11.9. The van der Waals surface area contributed by atoms with Gasteiger partial charge in [0.25, 0.3) is 0 Å². The van der Waals surface area contributed by atoms with E-state index < -0.39 is 0 Å². The Balaban J connectivity index is 1.61. The molecule has 0 bridgehead atoms. The predicted octanol–water partition coefficient (Wildman–Crippen LogP) is 11.2. The third-order valence-electron chi connectivity index (χ3n) is 8.19. The highest BCUT2D eigenvalue weighted by molar-refractivity contribution is 7.18. The van der Waals surface area contributed by atoms with Crippen LogP contribution in [-0.4, -0.2) is 0 Å². The van der Waals surface area contributed by atoms with Gasteiger partial charge in [0.15, 0.2) is 0 Å². The summed E-state index contributed by atoms with van der Waals surface area (Å²) in [6, 6.07) is 28.9. The number of nitrogens with zero attached hydrogens (tertiary/aromatic N) is 1. The number of fused-ring (bicyclic) bond motifs is 5. The minimum atomic E-state index is -0.00488. The van der Waals surface area contributed by atoms with E-state index in [-0.39, 0.29) is 10.8 Å². The fourth-order valence-electron chi connectivity index (χ4n) is 6.06. The molecule has 0 spiro atoms. The molecule has 1 aliphatic carbocycles. The summed E-state index contributed by atoms with van der Waals surface area (Å²) in [6.45, 7) is 13.7. The Morgan fingerprint density at radius 3 is 2.26 bits per heavy atom. The van der Waals surface area contributed by atoms with Gasteiger partial charge in [0.2, 0.25) is 0 Å². The first-order valence-electron chi connectivity index (χ1n) is 13.5. The molecule has 0 saturated carbocycles. The summed E-state index contributed by atoms with van der Waals surface area (Å²) < 4.78 is 1.35. The summed E-state index contributed by atoms with van der Waals surface area (Å²) in [5.74, 6) is 0. The lowest BCUT2D eigenvalue weighted by Crippen LogP contribution is -2.15. The Morgan fingerprint density at radius 1 is 0.816 bits per heavy atom. The number of hydrogen-bond acceptors (Lipinski definition) is 2. The van der Waals surface area contributed by atoms with E-state index in [0.29, 0.717) is 0 Å². The molecule has 38 heavy (non-hydrogen) atoms. The Labute approximate surface area is 235 Å². The molecule has 0 radical (unpaired) electrons. The lowest BCUT2D eigenvalue weighted by Gasteiger charge is -2.29. The molecule has 4 aromatic carbocycles. The quantitative estimate of drug-likeness (QED) is 0.221. The Kier molecular flexibility index (Phi) is 5.98. The Hall–Kier alpha value is -3.07. The molecule has 192 valence electrons. The monoisotopic (exact) mass is 535 g/mol. The molecule has 6 rings (SSSR count). The van der Waals surface area contributed by atoms with Crippen molar-refractivity contribution in [3.05, 3.63) is 112 Å². The maximum atomic E-state index is 6.77. The van der Waals surface area contributed by atoms with Gasteiger partial charge < -0.3 is 4.90 Å². The Bertz CT molecular complexity index is 1670. The first-order chi connectivity index (χ1) is 18.1. The molecule has 0 aliphatic heterocycles. The molecule has 1 aliphatic rings. The number of benzene rings is 4. The van der Waals surface area contributed by atoms with Crippen molar-refractivity contribution >= 4 is 50.1 Å². The number of rotatable bonds is 4. The van der Waals surface area contributed by atoms with Crippen LogP contribution >= 0.6 is 22.9 Å². The maximum Gasteiger partial charge on any atom is 0.0647 e. The van der Waals surface area contributed by atoms with Gasteiger partial charge in [-0.15, -0.1) is 11.3 Å². The van der Waals surface area contributed by atoms with Crippen molar-refractivity contribution in [1.82, 2.24) is 0 Å². The first-order valence-corrected chi connectivity index (χ1v) is 14.7. The minimum Gasteiger partial charge on any atom is -0.309 e. The molecule has 0 N–H and O–H groups in total. The van der Waals surface area contributed by atoms with Crippen LogP contribution in [0.3, 0.4) is 0 Å². The molecular formula is C35H34ClNS. The van der Waals surface area contributed by atoms with E-state index in [4.69, 9.17) is 11.6 Å². The predicted molar refractivity (Wildman–Crippen MR) is 167 cm³/mol. The van der Waals surface area contributed by atoms with Gasteiger partial charge >= 0.3 is 0 Å². The second kappa shape index (κ2) is 9.00. The Morgan fingerprint density at radius 2 is 1.55 bits per heavy atom. The van der Waals surface area contributed by atoms with E-state index in [1.54, 1.807) is 0 Å². The fraction of sp³-hybridized carbons (Fsp3) is 0.257. The van der Waals surface area contributed by atoms with Crippen molar-refractivity contribution in [2.75, 3.05) is 4.90 Å². The molecular weight excluding hydrogens is 502 g/mol. The van der Waals surface area contributed by atoms with E-state index in [9.17, 15) is 0 Å². The van der Waals surface area contributed by atoms with Crippen LogP contribution < -0.4 is 4.90 Å². The molecule has 0 unspecified atom stereocenters. The van der Waals surface area contributed by atoms with Gasteiger partial charge in [0.05, 0.1) is 11.4 Å². The van der Waals surface area contributed by atoms with Crippen LogP contribution in [0.25, 0.3) is 21.2 Å². The van der Waals surface area contributed by atoms with Crippen molar-refractivity contribution in [3.63, 3.8) is 0 Å². The van der Waals surface area contributed by atoms with Crippen molar-refractivity contribution < 1.29 is 0 Å². The highest BCUT2D eigenvalue weighted by Crippen LogP contribution is 2.54. The molecule has 5 aromatic rings. The lowest BCUT2D eigenvalue weighted by molar-refractivity contribution is 0.590. The van der Waals surface area contributed by atoms with Gasteiger partial charge in [0, 0.05) is 37.2 Å². The summed E-state index contributed by atoms with van der Waals surface area (Å²) in [4.78, 5) is 2.41. The third kappa shape index (κ3) is 3.81. The van der Waals surface area contributed by atoms with Crippen LogP contribution in [0.5, 0.6) is 0 Å². The molecule has 0 fully saturated rings. The van der Waals surface area contributed by atoms with Gasteiger partial charge in [-0.2, -0.15) is 0 Å². The highest BCUT2D eigenvalue weighted by Gasteiger charge is 2.37. The van der Waals surface area contributed by atoms with Crippen LogP contribution in [0.4, 0.5) is 17.1 Å². The normalized spacial score (nSPS) is 14.0. The van der Waals surface area contributed by atoms with Gasteiger partial charge in [-0.05, 0) is 63.9 Å². The molecule has 1 aromatic heterocycles. The molecule has 1 heterocycles. The van der Waals surface area contributed by atoms with Gasteiger partial charge in [0.1, 0.15) is 0 Å². The summed E-state index contributed by atoms with van der Waals surface area (Å²) in [5.41, 5.74) is 11.7. The zero-order valence-electron chi connectivity index (χ0n) is 23.0. The van der Waals surface area contributed by atoms with Crippen LogP contribution in [0.1, 0.15) is 63.8 Å². The lowest BCUT2D eigenvalue weighted by atomic mass is 9.82. The van der Waals surface area contributed by atoms with E-state index >= 15 is 0 Å². The average Bonchev–Trinajstić information content (AvgIpc) is 3.41. The minimum absolute atomic E-state index is 0.00488. The fourth-order valence-corrected chi connectivity index (χ4v) is 7.47. The highest BCUT2D eigenvalue weighted by atomic mass is 35.5. The van der Waals surface area contributed by atoms with E-state index in [1.807, 2.05) is 17.4 Å². The van der Waals surface area contributed by atoms with Gasteiger partial charge in [-0.25, -0.2) is 0 Å². The third-order valence-corrected chi connectivity index (χ3v) is 9.54. The SMILES string of the molecule is CCc1c(Cl)cccc1N(c1ccc(C(C)(C)C)cc1)c1csc2c3c(ccc12)C(C)(C)c1ccccc1-3. The number of halogens is 1. The summed E-state index contributed by atoms with van der Waals surface area (Å²) >= 11 is 8.62. The summed E-state index contributed by atoms with van der Waals surface area (Å²) in [6.07, 6.45) is 0.866. The van der Waals surface area contributed by atoms with Crippen molar-refractivity contribution in [2.45, 2.75) is 58.8 Å². The van der Waals surface area contributed by atoms with Crippen LogP contribution in [-0.2, 0) is 17.3 Å². The topological polar surface area (TPSA) is 3.24 Å². The maximum absolute atomic E-state index is 6.77. The number of hydrogen-bond donors (Lipinski definition) is 0. The second-order valence-corrected chi connectivity index (χ2v) is 13.2. The summed E-state index contributed by atoms with van der Waals surface area (Å²) in [5, 5.41) is 4.43.